The molecule has 0 radical (unpaired) electrons. The van der Waals surface area contributed by atoms with Crippen molar-refractivity contribution in [2.75, 3.05) is 0 Å². The lowest BCUT2D eigenvalue weighted by molar-refractivity contribution is 0.439. The minimum absolute atomic E-state index is 0.132. The summed E-state index contributed by atoms with van der Waals surface area (Å²) in [6.07, 6.45) is 0. The third kappa shape index (κ3) is 2.74. The van der Waals surface area contributed by atoms with E-state index in [1.54, 1.807) is 0 Å². The lowest BCUT2D eigenvalue weighted by Gasteiger charge is -2.12. The maximum atomic E-state index is 13.8. The highest BCUT2D eigenvalue weighted by atomic mass is 19.1. The first-order chi connectivity index (χ1) is 9.01. The Bertz CT molecular complexity index is 671. The Kier molecular flexibility index (Phi) is 3.52. The highest BCUT2D eigenvalue weighted by Crippen LogP contribution is 2.30. The summed E-state index contributed by atoms with van der Waals surface area (Å²) in [6, 6.07) is 10.0. The highest BCUT2D eigenvalue weighted by molar-refractivity contribution is 5.45. The van der Waals surface area contributed by atoms with Crippen molar-refractivity contribution < 1.29 is 9.13 Å². The third-order valence-electron chi connectivity index (χ3n) is 3.04. The summed E-state index contributed by atoms with van der Waals surface area (Å²) >= 11 is 0. The first kappa shape index (κ1) is 13.1. The summed E-state index contributed by atoms with van der Waals surface area (Å²) in [7, 11) is 0. The third-order valence-corrected chi connectivity index (χ3v) is 3.04. The number of rotatable bonds is 2. The first-order valence-corrected chi connectivity index (χ1v) is 5.96. The van der Waals surface area contributed by atoms with Crippen molar-refractivity contribution in [2.45, 2.75) is 20.8 Å². The lowest BCUT2D eigenvalue weighted by atomic mass is 10.1. The largest absolute Gasteiger partial charge is 0.454 e. The zero-order valence-electron chi connectivity index (χ0n) is 11.1. The zero-order chi connectivity index (χ0) is 14.0. The summed E-state index contributed by atoms with van der Waals surface area (Å²) < 4.78 is 19.4. The molecule has 96 valence electrons. The van der Waals surface area contributed by atoms with Gasteiger partial charge in [0.2, 0.25) is 0 Å². The number of hydrogen-bond acceptors (Lipinski definition) is 2. The topological polar surface area (TPSA) is 33.0 Å². The molecule has 0 N–H and O–H groups in total. The van der Waals surface area contributed by atoms with E-state index in [2.05, 4.69) is 6.07 Å². The van der Waals surface area contributed by atoms with E-state index in [9.17, 15) is 4.39 Å². The number of halogens is 1. The fourth-order valence-electron chi connectivity index (χ4n) is 1.88. The van der Waals surface area contributed by atoms with Crippen LogP contribution in [-0.2, 0) is 0 Å². The lowest BCUT2D eigenvalue weighted by Crippen LogP contribution is -1.94. The van der Waals surface area contributed by atoms with Crippen LogP contribution >= 0.6 is 0 Å². The van der Waals surface area contributed by atoms with Gasteiger partial charge in [0.05, 0.1) is 11.6 Å². The Balaban J connectivity index is 2.39. The fourth-order valence-corrected chi connectivity index (χ4v) is 1.88. The van der Waals surface area contributed by atoms with Crippen LogP contribution in [0.15, 0.2) is 30.3 Å². The molecule has 0 aliphatic rings. The molecule has 0 unspecified atom stereocenters. The molecule has 0 atom stereocenters. The number of hydrogen-bond donors (Lipinski definition) is 0. The van der Waals surface area contributed by atoms with Gasteiger partial charge in [-0.2, -0.15) is 5.26 Å². The molecule has 0 amide bonds. The average molecular weight is 255 g/mol. The molecule has 2 aromatic carbocycles. The predicted octanol–water partition coefficient (Wildman–Crippen LogP) is 4.41. The van der Waals surface area contributed by atoms with Crippen LogP contribution in [0.5, 0.6) is 11.5 Å². The predicted molar refractivity (Wildman–Crippen MR) is 71.8 cm³/mol. The summed E-state index contributed by atoms with van der Waals surface area (Å²) in [5.74, 6) is 0.241. The molecule has 0 spiro atoms. The second-order valence-corrected chi connectivity index (χ2v) is 4.56. The Morgan fingerprint density at radius 2 is 1.79 bits per heavy atom. The van der Waals surface area contributed by atoms with E-state index in [1.165, 1.54) is 18.2 Å². The normalized spacial score (nSPS) is 10.1. The van der Waals surface area contributed by atoms with E-state index in [1.807, 2.05) is 32.9 Å². The van der Waals surface area contributed by atoms with E-state index in [4.69, 9.17) is 10.00 Å². The minimum Gasteiger partial charge on any atom is -0.454 e. The number of ether oxygens (including phenoxy) is 1. The van der Waals surface area contributed by atoms with E-state index >= 15 is 0 Å². The number of nitriles is 1. The zero-order valence-corrected chi connectivity index (χ0v) is 11.1. The molecule has 0 heterocycles. The second kappa shape index (κ2) is 5.11. The molecule has 2 aromatic rings. The van der Waals surface area contributed by atoms with Crippen LogP contribution in [0.2, 0.25) is 0 Å². The molecule has 0 fully saturated rings. The Morgan fingerprint density at radius 1 is 1.05 bits per heavy atom. The summed E-state index contributed by atoms with van der Waals surface area (Å²) in [5, 5.41) is 8.70. The van der Waals surface area contributed by atoms with Crippen molar-refractivity contribution >= 4 is 0 Å². The number of benzene rings is 2. The SMILES string of the molecule is Cc1cc(C)c(C)c(Oc2ccc(C#N)cc2F)c1. The molecule has 0 aliphatic heterocycles. The summed E-state index contributed by atoms with van der Waals surface area (Å²) in [5.41, 5.74) is 3.42. The molecule has 2 rings (SSSR count). The van der Waals surface area contributed by atoms with Crippen molar-refractivity contribution in [1.29, 1.82) is 5.26 Å². The van der Waals surface area contributed by atoms with Crippen molar-refractivity contribution in [3.8, 4) is 17.6 Å². The van der Waals surface area contributed by atoms with Crippen molar-refractivity contribution in [2.24, 2.45) is 0 Å². The molecule has 3 heteroatoms. The molecule has 0 aliphatic carbocycles. The molecule has 0 saturated carbocycles. The van der Waals surface area contributed by atoms with Gasteiger partial charge in [0.25, 0.3) is 0 Å². The van der Waals surface area contributed by atoms with Gasteiger partial charge in [-0.05, 0) is 61.7 Å². The van der Waals surface area contributed by atoms with E-state index in [-0.39, 0.29) is 11.3 Å². The standard InChI is InChI=1S/C16H14FNO/c1-10-6-11(2)12(3)16(7-10)19-15-5-4-13(9-18)8-14(15)17/h4-8H,1-3H3. The minimum atomic E-state index is -0.530. The molecule has 0 aromatic heterocycles. The van der Waals surface area contributed by atoms with E-state index in [0.717, 1.165) is 16.7 Å². The Morgan fingerprint density at radius 3 is 2.42 bits per heavy atom. The van der Waals surface area contributed by atoms with Crippen LogP contribution in [0.4, 0.5) is 4.39 Å². The van der Waals surface area contributed by atoms with Gasteiger partial charge in [-0.1, -0.05) is 6.07 Å². The Labute approximate surface area is 112 Å². The van der Waals surface area contributed by atoms with Crippen molar-refractivity contribution in [1.82, 2.24) is 0 Å². The maximum Gasteiger partial charge on any atom is 0.167 e. The Hall–Kier alpha value is -2.34. The van der Waals surface area contributed by atoms with Gasteiger partial charge in [0.1, 0.15) is 5.75 Å². The van der Waals surface area contributed by atoms with Gasteiger partial charge in [0.15, 0.2) is 11.6 Å². The van der Waals surface area contributed by atoms with Gasteiger partial charge in [-0.15, -0.1) is 0 Å². The van der Waals surface area contributed by atoms with Crippen LogP contribution < -0.4 is 4.74 Å². The molecule has 19 heavy (non-hydrogen) atoms. The van der Waals surface area contributed by atoms with Crippen LogP contribution in [0.3, 0.4) is 0 Å². The smallest absolute Gasteiger partial charge is 0.167 e. The molecule has 0 bridgehead atoms. The quantitative estimate of drug-likeness (QED) is 0.796. The van der Waals surface area contributed by atoms with Gasteiger partial charge < -0.3 is 4.74 Å². The van der Waals surface area contributed by atoms with Crippen LogP contribution in [-0.4, -0.2) is 0 Å². The summed E-state index contributed by atoms with van der Waals surface area (Å²) in [6.45, 7) is 5.89. The molecular weight excluding hydrogens is 241 g/mol. The van der Waals surface area contributed by atoms with Gasteiger partial charge in [-0.25, -0.2) is 4.39 Å². The molecule has 2 nitrogen and oxygen atoms in total. The average Bonchev–Trinajstić information content (AvgIpc) is 2.37. The fraction of sp³-hybridized carbons (Fsp3) is 0.188. The molecule has 0 saturated heterocycles. The first-order valence-electron chi connectivity index (χ1n) is 5.96. The second-order valence-electron chi connectivity index (χ2n) is 4.56. The summed E-state index contributed by atoms with van der Waals surface area (Å²) in [4.78, 5) is 0. The van der Waals surface area contributed by atoms with Gasteiger partial charge in [0, 0.05) is 0 Å². The maximum absolute atomic E-state index is 13.8. The van der Waals surface area contributed by atoms with Crippen molar-refractivity contribution in [3.05, 3.63) is 58.4 Å². The van der Waals surface area contributed by atoms with Crippen molar-refractivity contribution in [3.63, 3.8) is 0 Å². The van der Waals surface area contributed by atoms with Gasteiger partial charge >= 0.3 is 0 Å². The van der Waals surface area contributed by atoms with E-state index in [0.29, 0.717) is 5.75 Å². The highest BCUT2D eigenvalue weighted by Gasteiger charge is 2.09. The van der Waals surface area contributed by atoms with Crippen LogP contribution in [0, 0.1) is 37.9 Å². The van der Waals surface area contributed by atoms with E-state index < -0.39 is 5.82 Å². The monoisotopic (exact) mass is 255 g/mol. The van der Waals surface area contributed by atoms with Crippen LogP contribution in [0.1, 0.15) is 22.3 Å². The van der Waals surface area contributed by atoms with Gasteiger partial charge in [-0.3, -0.25) is 0 Å². The number of aryl methyl sites for hydroxylation is 2. The van der Waals surface area contributed by atoms with Crippen LogP contribution in [0.25, 0.3) is 0 Å². The number of nitrogens with zero attached hydrogens (tertiary/aromatic N) is 1. The molecular formula is C16H14FNO.